The quantitative estimate of drug-likeness (QED) is 0.739. The molecule has 2 aromatic rings. The van der Waals surface area contributed by atoms with E-state index in [1.807, 2.05) is 29.6 Å². The van der Waals surface area contributed by atoms with Gasteiger partial charge in [-0.2, -0.15) is 0 Å². The second-order valence-corrected chi connectivity index (χ2v) is 6.04. The van der Waals surface area contributed by atoms with E-state index >= 15 is 0 Å². The first-order chi connectivity index (χ1) is 11.1. The molecule has 0 spiro atoms. The van der Waals surface area contributed by atoms with Crippen molar-refractivity contribution in [3.63, 3.8) is 0 Å². The fourth-order valence-electron chi connectivity index (χ4n) is 2.02. The van der Waals surface area contributed by atoms with Gasteiger partial charge < -0.3 is 15.2 Å². The summed E-state index contributed by atoms with van der Waals surface area (Å²) in [4.78, 5) is 23.4. The Kier molecular flexibility index (Phi) is 6.62. The van der Waals surface area contributed by atoms with E-state index in [0.29, 0.717) is 18.7 Å². The Morgan fingerprint density at radius 1 is 1.13 bits per heavy atom. The zero-order valence-electron chi connectivity index (χ0n) is 12.7. The average molecular weight is 333 g/mol. The highest BCUT2D eigenvalue weighted by Crippen LogP contribution is 2.13. The zero-order chi connectivity index (χ0) is 16.5. The molecule has 2 rings (SSSR count). The molecule has 122 valence electrons. The van der Waals surface area contributed by atoms with Gasteiger partial charge in [-0.3, -0.25) is 4.79 Å². The number of benzene rings is 1. The van der Waals surface area contributed by atoms with Crippen molar-refractivity contribution < 1.29 is 19.4 Å². The fourth-order valence-corrected chi connectivity index (χ4v) is 2.73. The predicted octanol–water partition coefficient (Wildman–Crippen LogP) is 2.50. The lowest BCUT2D eigenvalue weighted by Gasteiger charge is -2.07. The van der Waals surface area contributed by atoms with Crippen LogP contribution >= 0.6 is 11.3 Å². The maximum absolute atomic E-state index is 11.7. The van der Waals surface area contributed by atoms with Gasteiger partial charge in [0.15, 0.2) is 6.61 Å². The standard InChI is InChI=1S/C17H19NO4S/c19-16(8-7-15-2-1-11-23-15)18-10-9-13-3-5-14(6-4-13)22-12-17(20)21/h1-6,11H,7-10,12H2,(H,18,19)(H,20,21). The maximum atomic E-state index is 11.7. The summed E-state index contributed by atoms with van der Waals surface area (Å²) < 4.78 is 5.06. The van der Waals surface area contributed by atoms with E-state index in [9.17, 15) is 9.59 Å². The molecule has 1 aromatic carbocycles. The minimum absolute atomic E-state index is 0.0554. The summed E-state index contributed by atoms with van der Waals surface area (Å²) in [7, 11) is 0. The van der Waals surface area contributed by atoms with Crippen LogP contribution in [0.2, 0.25) is 0 Å². The Balaban J connectivity index is 1.65. The molecule has 0 unspecified atom stereocenters. The summed E-state index contributed by atoms with van der Waals surface area (Å²) in [5.41, 5.74) is 1.06. The lowest BCUT2D eigenvalue weighted by Crippen LogP contribution is -2.25. The van der Waals surface area contributed by atoms with Crippen molar-refractivity contribution in [3.05, 3.63) is 52.2 Å². The van der Waals surface area contributed by atoms with Gasteiger partial charge in [-0.05, 0) is 42.0 Å². The molecule has 1 aromatic heterocycles. The number of hydrogen-bond donors (Lipinski definition) is 2. The second kappa shape index (κ2) is 8.95. The van der Waals surface area contributed by atoms with Crippen LogP contribution in [0.1, 0.15) is 16.9 Å². The van der Waals surface area contributed by atoms with Crippen LogP contribution in [0.5, 0.6) is 5.75 Å². The van der Waals surface area contributed by atoms with Gasteiger partial charge in [-0.15, -0.1) is 11.3 Å². The Bertz CT molecular complexity index is 623. The maximum Gasteiger partial charge on any atom is 0.341 e. The highest BCUT2D eigenvalue weighted by Gasteiger charge is 2.03. The Labute approximate surface area is 138 Å². The first kappa shape index (κ1) is 17.0. The monoisotopic (exact) mass is 333 g/mol. The third-order valence-electron chi connectivity index (χ3n) is 3.20. The number of rotatable bonds is 9. The molecular weight excluding hydrogens is 314 g/mol. The van der Waals surface area contributed by atoms with Crippen LogP contribution in [0.25, 0.3) is 0 Å². The van der Waals surface area contributed by atoms with Gasteiger partial charge >= 0.3 is 5.97 Å². The fraction of sp³-hybridized carbons (Fsp3) is 0.294. The third kappa shape index (κ3) is 6.52. The topological polar surface area (TPSA) is 75.6 Å². The molecule has 1 amide bonds. The van der Waals surface area contributed by atoms with Crippen molar-refractivity contribution in [2.45, 2.75) is 19.3 Å². The SMILES string of the molecule is O=C(O)COc1ccc(CCNC(=O)CCc2cccs2)cc1. The number of nitrogens with one attached hydrogen (secondary N) is 1. The number of aliphatic carboxylic acids is 1. The molecule has 0 fully saturated rings. The van der Waals surface area contributed by atoms with E-state index in [1.54, 1.807) is 23.5 Å². The highest BCUT2D eigenvalue weighted by atomic mass is 32.1. The third-order valence-corrected chi connectivity index (χ3v) is 4.14. The van der Waals surface area contributed by atoms with E-state index in [-0.39, 0.29) is 12.5 Å². The first-order valence-electron chi connectivity index (χ1n) is 7.36. The summed E-state index contributed by atoms with van der Waals surface area (Å²) in [6.45, 7) is 0.234. The van der Waals surface area contributed by atoms with Crippen LogP contribution in [-0.2, 0) is 22.4 Å². The van der Waals surface area contributed by atoms with Crippen molar-refractivity contribution in [2.24, 2.45) is 0 Å². The van der Waals surface area contributed by atoms with Crippen molar-refractivity contribution >= 4 is 23.2 Å². The Morgan fingerprint density at radius 2 is 1.91 bits per heavy atom. The number of carboxylic acids is 1. The molecule has 0 saturated carbocycles. The van der Waals surface area contributed by atoms with Gasteiger partial charge in [0.25, 0.3) is 0 Å². The zero-order valence-corrected chi connectivity index (χ0v) is 13.5. The highest BCUT2D eigenvalue weighted by molar-refractivity contribution is 7.09. The van der Waals surface area contributed by atoms with Gasteiger partial charge in [0.2, 0.25) is 5.91 Å². The number of aryl methyl sites for hydroxylation is 1. The molecule has 6 heteroatoms. The van der Waals surface area contributed by atoms with Crippen molar-refractivity contribution in [3.8, 4) is 5.75 Å². The Hall–Kier alpha value is -2.34. The number of amides is 1. The number of carbonyl (C=O) groups is 2. The molecule has 0 aliphatic rings. The molecule has 2 N–H and O–H groups in total. The summed E-state index contributed by atoms with van der Waals surface area (Å²) in [5, 5.41) is 13.5. The lowest BCUT2D eigenvalue weighted by molar-refractivity contribution is -0.139. The van der Waals surface area contributed by atoms with E-state index in [0.717, 1.165) is 18.4 Å². The molecule has 5 nitrogen and oxygen atoms in total. The molecule has 0 aliphatic heterocycles. The molecule has 0 radical (unpaired) electrons. The van der Waals surface area contributed by atoms with Crippen LogP contribution in [0.3, 0.4) is 0 Å². The summed E-state index contributed by atoms with van der Waals surface area (Å²) in [6, 6.07) is 11.2. The van der Waals surface area contributed by atoms with Crippen LogP contribution < -0.4 is 10.1 Å². The summed E-state index contributed by atoms with van der Waals surface area (Å²) >= 11 is 1.66. The number of ether oxygens (including phenoxy) is 1. The molecule has 23 heavy (non-hydrogen) atoms. The summed E-state index contributed by atoms with van der Waals surface area (Å²) in [6.07, 6.45) is 2.01. The van der Waals surface area contributed by atoms with E-state index in [4.69, 9.17) is 9.84 Å². The molecule has 0 saturated heterocycles. The number of thiophene rings is 1. The minimum Gasteiger partial charge on any atom is -0.482 e. The number of carboxylic acid groups (broad SMARTS) is 1. The first-order valence-corrected chi connectivity index (χ1v) is 8.24. The van der Waals surface area contributed by atoms with Crippen molar-refractivity contribution in [1.29, 1.82) is 0 Å². The Morgan fingerprint density at radius 3 is 2.57 bits per heavy atom. The lowest BCUT2D eigenvalue weighted by atomic mass is 10.1. The van der Waals surface area contributed by atoms with Crippen LogP contribution in [-0.4, -0.2) is 30.1 Å². The van der Waals surface area contributed by atoms with Gasteiger partial charge in [-0.25, -0.2) is 4.79 Å². The predicted molar refractivity (Wildman–Crippen MR) is 88.9 cm³/mol. The van der Waals surface area contributed by atoms with Crippen LogP contribution in [0.15, 0.2) is 41.8 Å². The van der Waals surface area contributed by atoms with Gasteiger partial charge in [0.05, 0.1) is 0 Å². The van der Waals surface area contributed by atoms with Crippen LogP contribution in [0.4, 0.5) is 0 Å². The van der Waals surface area contributed by atoms with E-state index in [2.05, 4.69) is 5.32 Å². The largest absolute Gasteiger partial charge is 0.482 e. The normalized spacial score (nSPS) is 10.3. The second-order valence-electron chi connectivity index (χ2n) is 5.01. The molecule has 0 aliphatic carbocycles. The van der Waals surface area contributed by atoms with Crippen LogP contribution in [0, 0.1) is 0 Å². The smallest absolute Gasteiger partial charge is 0.341 e. The molecule has 0 atom stereocenters. The number of hydrogen-bond acceptors (Lipinski definition) is 4. The van der Waals surface area contributed by atoms with E-state index < -0.39 is 5.97 Å². The number of carbonyl (C=O) groups excluding carboxylic acids is 1. The van der Waals surface area contributed by atoms with Gasteiger partial charge in [0.1, 0.15) is 5.75 Å². The molecular formula is C17H19NO4S. The van der Waals surface area contributed by atoms with Gasteiger partial charge in [0, 0.05) is 17.8 Å². The van der Waals surface area contributed by atoms with E-state index in [1.165, 1.54) is 4.88 Å². The van der Waals surface area contributed by atoms with Gasteiger partial charge in [-0.1, -0.05) is 18.2 Å². The molecule has 1 heterocycles. The summed E-state index contributed by atoms with van der Waals surface area (Å²) in [5.74, 6) is -0.421. The average Bonchev–Trinajstić information content (AvgIpc) is 3.05. The van der Waals surface area contributed by atoms with Crippen molar-refractivity contribution in [2.75, 3.05) is 13.2 Å². The molecule has 0 bridgehead atoms. The minimum atomic E-state index is -1.00. The van der Waals surface area contributed by atoms with Crippen molar-refractivity contribution in [1.82, 2.24) is 5.32 Å².